The van der Waals surface area contributed by atoms with Crippen molar-refractivity contribution >= 4 is 29.9 Å². The zero-order valence-electron chi connectivity index (χ0n) is 32.6. The number of imidazole rings is 1. The molecule has 5 aromatic carbocycles. The van der Waals surface area contributed by atoms with E-state index in [-0.39, 0.29) is 23.8 Å². The van der Waals surface area contributed by atoms with Crippen LogP contribution >= 0.6 is 0 Å². The summed E-state index contributed by atoms with van der Waals surface area (Å²) in [6.45, 7) is 7.20. The third kappa shape index (κ3) is 6.70. The van der Waals surface area contributed by atoms with Gasteiger partial charge >= 0.3 is 0 Å². The third-order valence-electron chi connectivity index (χ3n) is 11.2. The maximum atomic E-state index is 7.54. The first-order valence-electron chi connectivity index (χ1n) is 19.2. The number of benzene rings is 5. The van der Waals surface area contributed by atoms with E-state index in [1.165, 1.54) is 10.4 Å². The second-order valence-corrected chi connectivity index (χ2v) is 19.7. The minimum absolute atomic E-state index is 0.0568. The van der Waals surface area contributed by atoms with Gasteiger partial charge in [-0.2, -0.15) is 0 Å². The van der Waals surface area contributed by atoms with Crippen molar-refractivity contribution in [1.82, 2.24) is 19.5 Å². The molecule has 0 atom stereocenters. The van der Waals surface area contributed by atoms with Crippen LogP contribution in [0.3, 0.4) is 0 Å². The van der Waals surface area contributed by atoms with Crippen molar-refractivity contribution in [3.63, 3.8) is 0 Å². The third-order valence-corrected chi connectivity index (χ3v) is 16.3. The summed E-state index contributed by atoms with van der Waals surface area (Å²) >= 11 is 0. The van der Waals surface area contributed by atoms with E-state index in [2.05, 4.69) is 127 Å². The van der Waals surface area contributed by atoms with E-state index in [1.54, 1.807) is 26.7 Å². The van der Waals surface area contributed by atoms with Gasteiger partial charge in [0.2, 0.25) is 0 Å². The van der Waals surface area contributed by atoms with Crippen molar-refractivity contribution in [2.24, 2.45) is 0 Å². The zero-order valence-corrected chi connectivity index (χ0v) is 33.6. The first kappa shape index (κ1) is 37.3. The zero-order chi connectivity index (χ0) is 38.8. The van der Waals surface area contributed by atoms with Crippen LogP contribution in [-0.4, -0.2) is 48.2 Å². The molecule has 9 heteroatoms. The van der Waals surface area contributed by atoms with Gasteiger partial charge in [-0.05, 0) is 69.2 Å². The first-order chi connectivity index (χ1) is 27.3. The lowest BCUT2D eigenvalue weighted by atomic mass is 9.80. The molecule has 1 fully saturated rings. The number of nitrogens with zero attached hydrogens (tertiary/aromatic N) is 4. The van der Waals surface area contributed by atoms with Crippen LogP contribution in [0.25, 0.3) is 11.2 Å². The van der Waals surface area contributed by atoms with Crippen LogP contribution in [0.4, 0.5) is 0 Å². The summed E-state index contributed by atoms with van der Waals surface area (Å²) in [7, 11) is 0.633. The normalized spacial score (nSPS) is 16.0. The van der Waals surface area contributed by atoms with Crippen LogP contribution in [0.1, 0.15) is 62.2 Å². The Morgan fingerprint density at radius 2 is 1.16 bits per heavy atom. The average Bonchev–Trinajstić information content (AvgIpc) is 3.59. The molecule has 0 amide bonds. The molecule has 284 valence electrons. The molecular weight excluding hydrogens is 713 g/mol. The smallest absolute Gasteiger partial charge is 0.261 e. The first-order valence-corrected chi connectivity index (χ1v) is 21.1. The van der Waals surface area contributed by atoms with E-state index >= 15 is 0 Å². The number of methoxy groups -OCH3 is 2. The Labute approximate surface area is 330 Å². The van der Waals surface area contributed by atoms with Crippen LogP contribution in [0.15, 0.2) is 152 Å². The summed E-state index contributed by atoms with van der Waals surface area (Å²) in [5.74, 6) is 2.33. The Balaban J connectivity index is 1.17. The molecule has 2 aromatic heterocycles. The summed E-state index contributed by atoms with van der Waals surface area (Å²) in [5.41, 5.74) is 3.44. The van der Waals surface area contributed by atoms with E-state index in [4.69, 9.17) is 28.6 Å². The Morgan fingerprint density at radius 1 is 0.661 bits per heavy atom. The molecule has 0 unspecified atom stereocenters. The molecule has 56 heavy (non-hydrogen) atoms. The van der Waals surface area contributed by atoms with Gasteiger partial charge in [0.1, 0.15) is 41.4 Å². The van der Waals surface area contributed by atoms with Gasteiger partial charge in [0.25, 0.3) is 8.32 Å². The SMILES string of the molecule is COc1ccc(C(OCc2nc3cncnc3n2C2CC(O[Si](c3ccccc3)(c3ccccc3)C(C)(C)C)C2)(c2ccccc2)c2ccc(OC)cc2)cc1. The van der Waals surface area contributed by atoms with E-state index < -0.39 is 13.9 Å². The molecule has 8 nitrogen and oxygen atoms in total. The van der Waals surface area contributed by atoms with Crippen molar-refractivity contribution in [3.8, 4) is 11.5 Å². The topological polar surface area (TPSA) is 80.5 Å². The van der Waals surface area contributed by atoms with Crippen molar-refractivity contribution in [3.05, 3.63) is 175 Å². The average molecular weight is 761 g/mol. The van der Waals surface area contributed by atoms with Crippen LogP contribution in [0, 0.1) is 0 Å². The number of ether oxygens (including phenoxy) is 3. The van der Waals surface area contributed by atoms with Gasteiger partial charge in [-0.1, -0.05) is 136 Å². The molecule has 8 rings (SSSR count). The summed E-state index contributed by atoms with van der Waals surface area (Å²) in [4.78, 5) is 14.2. The predicted molar refractivity (Wildman–Crippen MR) is 223 cm³/mol. The summed E-state index contributed by atoms with van der Waals surface area (Å²) < 4.78 is 28.3. The summed E-state index contributed by atoms with van der Waals surface area (Å²) in [6, 6.07) is 48.4. The van der Waals surface area contributed by atoms with Crippen LogP contribution < -0.4 is 19.8 Å². The van der Waals surface area contributed by atoms with Gasteiger partial charge in [-0.3, -0.25) is 0 Å². The molecule has 0 aliphatic heterocycles. The van der Waals surface area contributed by atoms with Crippen LogP contribution in [0.5, 0.6) is 11.5 Å². The number of fused-ring (bicyclic) bond motifs is 1. The van der Waals surface area contributed by atoms with E-state index in [0.29, 0.717) is 0 Å². The van der Waals surface area contributed by atoms with E-state index in [1.807, 2.05) is 42.5 Å². The van der Waals surface area contributed by atoms with Crippen LogP contribution in [0.2, 0.25) is 5.04 Å². The fourth-order valence-corrected chi connectivity index (χ4v) is 13.1. The molecule has 7 aromatic rings. The molecule has 0 spiro atoms. The van der Waals surface area contributed by atoms with Gasteiger partial charge in [-0.25, -0.2) is 15.0 Å². The molecule has 1 aliphatic carbocycles. The minimum atomic E-state index is -2.72. The molecule has 1 aliphatic rings. The number of aromatic nitrogens is 4. The van der Waals surface area contributed by atoms with Gasteiger partial charge < -0.3 is 23.2 Å². The monoisotopic (exact) mass is 760 g/mol. The Kier molecular flexibility index (Phi) is 10.3. The molecule has 1 saturated carbocycles. The molecule has 2 heterocycles. The van der Waals surface area contributed by atoms with Crippen molar-refractivity contribution in [2.75, 3.05) is 14.2 Å². The lowest BCUT2D eigenvalue weighted by molar-refractivity contribution is -0.00793. The highest BCUT2D eigenvalue weighted by molar-refractivity contribution is 6.99. The fraction of sp³-hybridized carbons (Fsp3) is 0.255. The van der Waals surface area contributed by atoms with Crippen molar-refractivity contribution in [2.45, 2.75) is 63.0 Å². The van der Waals surface area contributed by atoms with Gasteiger partial charge in [0.15, 0.2) is 5.65 Å². The van der Waals surface area contributed by atoms with Crippen LogP contribution in [-0.2, 0) is 21.4 Å². The maximum absolute atomic E-state index is 7.54. The fourth-order valence-electron chi connectivity index (χ4n) is 8.41. The molecular formula is C47H48N4O4Si. The lowest BCUT2D eigenvalue weighted by Crippen LogP contribution is -2.68. The van der Waals surface area contributed by atoms with Gasteiger partial charge in [0, 0.05) is 12.1 Å². The highest BCUT2D eigenvalue weighted by Crippen LogP contribution is 2.46. The second kappa shape index (κ2) is 15.5. The Bertz CT molecular complexity index is 2270. The lowest BCUT2D eigenvalue weighted by Gasteiger charge is -2.49. The maximum Gasteiger partial charge on any atom is 0.261 e. The largest absolute Gasteiger partial charge is 0.497 e. The van der Waals surface area contributed by atoms with Crippen molar-refractivity contribution in [1.29, 1.82) is 0 Å². The van der Waals surface area contributed by atoms with Gasteiger partial charge in [0.05, 0.1) is 20.4 Å². The van der Waals surface area contributed by atoms with E-state index in [0.717, 1.165) is 58.0 Å². The minimum Gasteiger partial charge on any atom is -0.497 e. The Hall–Kier alpha value is -5.61. The van der Waals surface area contributed by atoms with Gasteiger partial charge in [-0.15, -0.1) is 0 Å². The summed E-state index contributed by atoms with van der Waals surface area (Å²) in [6.07, 6.45) is 5.10. The van der Waals surface area contributed by atoms with Crippen molar-refractivity contribution < 1.29 is 18.6 Å². The second-order valence-electron chi connectivity index (χ2n) is 15.5. The quantitative estimate of drug-likeness (QED) is 0.0861. The predicted octanol–water partition coefficient (Wildman–Crippen LogP) is 8.63. The highest BCUT2D eigenvalue weighted by atomic mass is 28.4. The standard InChI is InChI=1S/C47H48N4O4Si/c1-46(2,3)56(41-17-11-7-12-18-41,42-19-13-8-14-20-42)55-40-29-37(30-40)51-44(50-43-31-48-33-49-45(43)51)32-54-47(34-15-9-6-10-16-34,35-21-25-38(52-4)26-22-35)36-23-27-39(53-5)28-24-36/h6-28,31,33,37,40H,29-30,32H2,1-5H3. The molecule has 0 bridgehead atoms. The molecule has 0 N–H and O–H groups in total. The number of hydrogen-bond donors (Lipinski definition) is 0. The molecule has 0 saturated heterocycles. The number of rotatable bonds is 13. The Morgan fingerprint density at radius 3 is 1.66 bits per heavy atom. The molecule has 0 radical (unpaired) electrons. The van der Waals surface area contributed by atoms with E-state index in [9.17, 15) is 0 Å². The number of hydrogen-bond acceptors (Lipinski definition) is 7. The summed E-state index contributed by atoms with van der Waals surface area (Å²) in [5, 5.41) is 2.45. The highest BCUT2D eigenvalue weighted by Gasteiger charge is 2.53.